The maximum absolute atomic E-state index is 10.9. The van der Waals surface area contributed by atoms with Crippen LogP contribution in [0.3, 0.4) is 0 Å². The molecule has 0 aromatic heterocycles. The first-order chi connectivity index (χ1) is 11.5. The first-order valence-electron chi connectivity index (χ1n) is 8.07. The fraction of sp³-hybridized carbons (Fsp3) is 0.316. The second-order valence-electron chi connectivity index (χ2n) is 6.22. The Morgan fingerprint density at radius 1 is 1.25 bits per heavy atom. The normalized spacial score (nSPS) is 19.6. The summed E-state index contributed by atoms with van der Waals surface area (Å²) in [6, 6.07) is 13.8. The molecule has 0 aliphatic heterocycles. The lowest BCUT2D eigenvalue weighted by molar-refractivity contribution is -0.119. The number of hydrogen-bond donors (Lipinski definition) is 2. The van der Waals surface area contributed by atoms with Crippen molar-refractivity contribution in [2.24, 2.45) is 11.5 Å². The Morgan fingerprint density at radius 2 is 2.04 bits per heavy atom. The SMILES string of the molecule is NC(=O)COc1ccc2c(c1)C(Cc1ccccc1Cl)C(N)CC2. The standard InChI is InChI=1S/C19H21ClN2O2/c20-17-4-2-1-3-13(17)9-16-15-10-14(24-11-19(22)23)7-5-12(15)6-8-18(16)21/h1-5,7,10,16,18H,6,8-9,11,21H2,(H2,22,23). The first-order valence-corrected chi connectivity index (χ1v) is 8.45. The van der Waals surface area contributed by atoms with Gasteiger partial charge in [0.25, 0.3) is 5.91 Å². The molecule has 0 heterocycles. The number of hydrogen-bond acceptors (Lipinski definition) is 3. The highest BCUT2D eigenvalue weighted by Gasteiger charge is 2.28. The van der Waals surface area contributed by atoms with Gasteiger partial charge in [-0.3, -0.25) is 4.79 Å². The molecule has 5 heteroatoms. The minimum absolute atomic E-state index is 0.0696. The summed E-state index contributed by atoms with van der Waals surface area (Å²) in [5.74, 6) is 0.327. The van der Waals surface area contributed by atoms with Crippen molar-refractivity contribution in [3.05, 3.63) is 64.2 Å². The van der Waals surface area contributed by atoms with Gasteiger partial charge in [-0.1, -0.05) is 35.9 Å². The van der Waals surface area contributed by atoms with Crippen LogP contribution in [0, 0.1) is 0 Å². The molecule has 2 aromatic carbocycles. The molecule has 1 amide bonds. The average Bonchev–Trinajstić information content (AvgIpc) is 2.57. The predicted molar refractivity (Wildman–Crippen MR) is 95.3 cm³/mol. The van der Waals surface area contributed by atoms with Crippen LogP contribution in [0.5, 0.6) is 5.75 Å². The molecular weight excluding hydrogens is 324 g/mol. The van der Waals surface area contributed by atoms with Gasteiger partial charge in [0.1, 0.15) is 5.75 Å². The van der Waals surface area contributed by atoms with E-state index in [0.29, 0.717) is 5.75 Å². The molecule has 3 rings (SSSR count). The molecule has 0 saturated heterocycles. The molecule has 0 fully saturated rings. The van der Waals surface area contributed by atoms with E-state index in [0.717, 1.165) is 29.8 Å². The molecule has 2 unspecified atom stereocenters. The van der Waals surface area contributed by atoms with Crippen LogP contribution >= 0.6 is 11.6 Å². The van der Waals surface area contributed by atoms with Gasteiger partial charge in [-0.2, -0.15) is 0 Å². The lowest BCUT2D eigenvalue weighted by Crippen LogP contribution is -2.34. The van der Waals surface area contributed by atoms with Crippen molar-refractivity contribution < 1.29 is 9.53 Å². The highest BCUT2D eigenvalue weighted by molar-refractivity contribution is 6.31. The molecule has 0 bridgehead atoms. The molecule has 0 spiro atoms. The van der Waals surface area contributed by atoms with E-state index in [1.807, 2.05) is 36.4 Å². The third-order valence-corrected chi connectivity index (χ3v) is 4.93. The first kappa shape index (κ1) is 16.8. The summed E-state index contributed by atoms with van der Waals surface area (Å²) in [6.45, 7) is -0.125. The fourth-order valence-electron chi connectivity index (χ4n) is 3.31. The van der Waals surface area contributed by atoms with Crippen molar-refractivity contribution in [1.82, 2.24) is 0 Å². The van der Waals surface area contributed by atoms with E-state index in [-0.39, 0.29) is 18.6 Å². The molecule has 1 aliphatic rings. The van der Waals surface area contributed by atoms with Crippen LogP contribution in [0.4, 0.5) is 0 Å². The van der Waals surface area contributed by atoms with Gasteiger partial charge in [-0.15, -0.1) is 0 Å². The summed E-state index contributed by atoms with van der Waals surface area (Å²) in [4.78, 5) is 10.9. The molecule has 24 heavy (non-hydrogen) atoms. The number of benzene rings is 2. The van der Waals surface area contributed by atoms with Crippen molar-refractivity contribution in [1.29, 1.82) is 0 Å². The van der Waals surface area contributed by atoms with Gasteiger partial charge in [0, 0.05) is 17.0 Å². The van der Waals surface area contributed by atoms with Crippen molar-refractivity contribution in [3.63, 3.8) is 0 Å². The molecule has 4 nitrogen and oxygen atoms in total. The summed E-state index contributed by atoms with van der Waals surface area (Å²) < 4.78 is 5.45. The largest absolute Gasteiger partial charge is 0.484 e. The molecule has 1 aliphatic carbocycles. The maximum Gasteiger partial charge on any atom is 0.255 e. The zero-order valence-electron chi connectivity index (χ0n) is 13.4. The lowest BCUT2D eigenvalue weighted by Gasteiger charge is -2.32. The third-order valence-electron chi connectivity index (χ3n) is 4.56. The number of amides is 1. The number of fused-ring (bicyclic) bond motifs is 1. The molecule has 2 atom stereocenters. The second-order valence-corrected chi connectivity index (χ2v) is 6.63. The number of carbonyl (C=O) groups is 1. The molecule has 0 radical (unpaired) electrons. The van der Waals surface area contributed by atoms with Crippen LogP contribution in [0.15, 0.2) is 42.5 Å². The topological polar surface area (TPSA) is 78.3 Å². The Kier molecular flexibility index (Phi) is 5.07. The second kappa shape index (κ2) is 7.24. The number of nitrogens with two attached hydrogens (primary N) is 2. The summed E-state index contributed by atoms with van der Waals surface area (Å²) in [6.07, 6.45) is 2.68. The fourth-order valence-corrected chi connectivity index (χ4v) is 3.52. The summed E-state index contributed by atoms with van der Waals surface area (Å²) in [5.41, 5.74) is 15.1. The Bertz CT molecular complexity index is 748. The number of halogens is 1. The molecular formula is C19H21ClN2O2. The van der Waals surface area contributed by atoms with E-state index >= 15 is 0 Å². The van der Waals surface area contributed by atoms with Crippen LogP contribution in [-0.4, -0.2) is 18.6 Å². The zero-order chi connectivity index (χ0) is 17.1. The van der Waals surface area contributed by atoms with Crippen molar-refractivity contribution in [2.75, 3.05) is 6.61 Å². The Labute approximate surface area is 146 Å². The van der Waals surface area contributed by atoms with Crippen LogP contribution in [0.2, 0.25) is 5.02 Å². The summed E-state index contributed by atoms with van der Waals surface area (Å²) in [7, 11) is 0. The number of aryl methyl sites for hydroxylation is 1. The number of ether oxygens (including phenoxy) is 1. The third kappa shape index (κ3) is 3.71. The highest BCUT2D eigenvalue weighted by atomic mass is 35.5. The molecule has 4 N–H and O–H groups in total. The molecule has 0 saturated carbocycles. The summed E-state index contributed by atoms with van der Waals surface area (Å²) >= 11 is 6.32. The Balaban J connectivity index is 1.89. The van der Waals surface area contributed by atoms with Gasteiger partial charge in [-0.25, -0.2) is 0 Å². The van der Waals surface area contributed by atoms with Gasteiger partial charge in [0.05, 0.1) is 0 Å². The van der Waals surface area contributed by atoms with Gasteiger partial charge in [0.2, 0.25) is 0 Å². The molecule has 126 valence electrons. The van der Waals surface area contributed by atoms with E-state index in [1.165, 1.54) is 11.1 Å². The monoisotopic (exact) mass is 344 g/mol. The van der Waals surface area contributed by atoms with Gasteiger partial charge >= 0.3 is 0 Å². The van der Waals surface area contributed by atoms with Gasteiger partial charge in [-0.05, 0) is 54.2 Å². The zero-order valence-corrected chi connectivity index (χ0v) is 14.1. The summed E-state index contributed by atoms with van der Waals surface area (Å²) in [5, 5.41) is 0.762. The lowest BCUT2D eigenvalue weighted by atomic mass is 9.76. The highest BCUT2D eigenvalue weighted by Crippen LogP contribution is 2.36. The van der Waals surface area contributed by atoms with Crippen LogP contribution < -0.4 is 16.2 Å². The van der Waals surface area contributed by atoms with E-state index in [2.05, 4.69) is 6.07 Å². The quantitative estimate of drug-likeness (QED) is 0.875. The number of primary amides is 1. The van der Waals surface area contributed by atoms with Crippen molar-refractivity contribution >= 4 is 17.5 Å². The number of rotatable bonds is 5. The van der Waals surface area contributed by atoms with E-state index in [1.54, 1.807) is 0 Å². The van der Waals surface area contributed by atoms with Gasteiger partial charge in [0.15, 0.2) is 6.61 Å². The predicted octanol–water partition coefficient (Wildman–Crippen LogP) is 2.80. The molecule has 2 aromatic rings. The number of carbonyl (C=O) groups excluding carboxylic acids is 1. The Morgan fingerprint density at radius 3 is 2.79 bits per heavy atom. The Hall–Kier alpha value is -2.04. The van der Waals surface area contributed by atoms with Gasteiger partial charge < -0.3 is 16.2 Å². The maximum atomic E-state index is 10.9. The van der Waals surface area contributed by atoms with Crippen LogP contribution in [0.25, 0.3) is 0 Å². The van der Waals surface area contributed by atoms with Crippen LogP contribution in [-0.2, 0) is 17.6 Å². The van der Waals surface area contributed by atoms with E-state index < -0.39 is 5.91 Å². The average molecular weight is 345 g/mol. The smallest absolute Gasteiger partial charge is 0.255 e. The van der Waals surface area contributed by atoms with Crippen molar-refractivity contribution in [2.45, 2.75) is 31.2 Å². The van der Waals surface area contributed by atoms with Crippen molar-refractivity contribution in [3.8, 4) is 5.75 Å². The van der Waals surface area contributed by atoms with E-state index in [9.17, 15) is 4.79 Å². The van der Waals surface area contributed by atoms with E-state index in [4.69, 9.17) is 27.8 Å². The minimum Gasteiger partial charge on any atom is -0.484 e. The minimum atomic E-state index is -0.489. The van der Waals surface area contributed by atoms with Crippen LogP contribution in [0.1, 0.15) is 29.0 Å².